The van der Waals surface area contributed by atoms with Gasteiger partial charge in [-0.2, -0.15) is 0 Å². The van der Waals surface area contributed by atoms with Crippen molar-refractivity contribution in [2.75, 3.05) is 5.32 Å². The maximum absolute atomic E-state index is 3.72. The molecule has 1 fully saturated rings. The van der Waals surface area contributed by atoms with Crippen molar-refractivity contribution in [3.05, 3.63) is 29.3 Å². The van der Waals surface area contributed by atoms with Gasteiger partial charge in [-0.25, -0.2) is 0 Å². The molecule has 1 aromatic rings. The van der Waals surface area contributed by atoms with Crippen LogP contribution in [0.4, 0.5) is 5.69 Å². The topological polar surface area (TPSA) is 12.0 Å². The maximum Gasteiger partial charge on any atom is 0.0377 e. The Labute approximate surface area is 112 Å². The third-order valence-corrected chi connectivity index (χ3v) is 4.08. The van der Waals surface area contributed by atoms with Gasteiger partial charge in [0, 0.05) is 11.7 Å². The molecule has 1 unspecified atom stereocenters. The third kappa shape index (κ3) is 3.07. The van der Waals surface area contributed by atoms with Crippen LogP contribution < -0.4 is 5.32 Å². The lowest BCUT2D eigenvalue weighted by Gasteiger charge is -2.21. The van der Waals surface area contributed by atoms with Crippen LogP contribution in [0.5, 0.6) is 0 Å². The molecule has 1 atom stereocenters. The molecule has 0 heterocycles. The second kappa shape index (κ2) is 5.34. The lowest BCUT2D eigenvalue weighted by molar-refractivity contribution is 0.690. The van der Waals surface area contributed by atoms with Crippen LogP contribution in [0.3, 0.4) is 0 Å². The summed E-state index contributed by atoms with van der Waals surface area (Å²) >= 11 is 0. The zero-order chi connectivity index (χ0) is 13.3. The lowest BCUT2D eigenvalue weighted by atomic mass is 9.94. The molecule has 1 saturated carbocycles. The lowest BCUT2D eigenvalue weighted by Crippen LogP contribution is -2.18. The molecule has 0 bridgehead atoms. The number of anilines is 1. The van der Waals surface area contributed by atoms with Crippen LogP contribution >= 0.6 is 0 Å². The van der Waals surface area contributed by atoms with Crippen LogP contribution in [0.25, 0.3) is 0 Å². The first kappa shape index (κ1) is 13.5. The van der Waals surface area contributed by atoms with E-state index in [1.54, 1.807) is 0 Å². The van der Waals surface area contributed by atoms with E-state index in [2.05, 4.69) is 58.1 Å². The molecule has 1 aliphatic carbocycles. The largest absolute Gasteiger partial charge is 0.382 e. The number of hydrogen-bond donors (Lipinski definition) is 1. The first-order valence-electron chi connectivity index (χ1n) is 7.39. The van der Waals surface area contributed by atoms with Gasteiger partial charge in [0.25, 0.3) is 0 Å². The Balaban J connectivity index is 2.22. The maximum atomic E-state index is 3.72. The highest BCUT2D eigenvalue weighted by Gasteiger charge is 2.28. The molecule has 1 aromatic carbocycles. The molecule has 1 heteroatoms. The SMILES string of the molecule is CC(C)c1ccc(NC(C)C2CC2)c(C(C)C)c1. The second-order valence-electron chi connectivity index (χ2n) is 6.43. The summed E-state index contributed by atoms with van der Waals surface area (Å²) < 4.78 is 0. The summed E-state index contributed by atoms with van der Waals surface area (Å²) in [7, 11) is 0. The van der Waals surface area contributed by atoms with E-state index >= 15 is 0 Å². The van der Waals surface area contributed by atoms with Crippen LogP contribution in [0.2, 0.25) is 0 Å². The molecule has 0 saturated heterocycles. The highest BCUT2D eigenvalue weighted by Crippen LogP contribution is 2.36. The molecule has 0 spiro atoms. The molecule has 1 nitrogen and oxygen atoms in total. The van der Waals surface area contributed by atoms with Crippen LogP contribution in [-0.2, 0) is 0 Å². The molecule has 100 valence electrons. The molecule has 1 aliphatic rings. The fourth-order valence-corrected chi connectivity index (χ4v) is 2.51. The van der Waals surface area contributed by atoms with Gasteiger partial charge in [-0.05, 0) is 54.7 Å². The summed E-state index contributed by atoms with van der Waals surface area (Å²) in [6, 6.07) is 7.56. The van der Waals surface area contributed by atoms with Crippen molar-refractivity contribution in [1.82, 2.24) is 0 Å². The third-order valence-electron chi connectivity index (χ3n) is 4.08. The highest BCUT2D eigenvalue weighted by atomic mass is 14.9. The summed E-state index contributed by atoms with van der Waals surface area (Å²) in [5.41, 5.74) is 4.26. The van der Waals surface area contributed by atoms with Crippen molar-refractivity contribution >= 4 is 5.69 Å². The monoisotopic (exact) mass is 245 g/mol. The molecular weight excluding hydrogens is 218 g/mol. The van der Waals surface area contributed by atoms with Gasteiger partial charge in [0.05, 0.1) is 0 Å². The summed E-state index contributed by atoms with van der Waals surface area (Å²) in [5, 5.41) is 3.72. The minimum atomic E-state index is 0.581. The van der Waals surface area contributed by atoms with Crippen molar-refractivity contribution < 1.29 is 0 Å². The summed E-state index contributed by atoms with van der Waals surface area (Å²) in [6.45, 7) is 11.4. The minimum Gasteiger partial charge on any atom is -0.382 e. The van der Waals surface area contributed by atoms with Gasteiger partial charge in [0.1, 0.15) is 0 Å². The molecule has 1 N–H and O–H groups in total. The average molecular weight is 245 g/mol. The number of rotatable bonds is 5. The number of benzene rings is 1. The fourth-order valence-electron chi connectivity index (χ4n) is 2.51. The Bertz CT molecular complexity index is 402. The average Bonchev–Trinajstić information content (AvgIpc) is 3.12. The van der Waals surface area contributed by atoms with E-state index < -0.39 is 0 Å². The zero-order valence-electron chi connectivity index (χ0n) is 12.5. The molecule has 0 aliphatic heterocycles. The normalized spacial score (nSPS) is 17.3. The van der Waals surface area contributed by atoms with E-state index in [0.29, 0.717) is 17.9 Å². The van der Waals surface area contributed by atoms with Gasteiger partial charge in [0.2, 0.25) is 0 Å². The Hall–Kier alpha value is -0.980. The van der Waals surface area contributed by atoms with Crippen molar-refractivity contribution in [2.24, 2.45) is 5.92 Å². The molecular formula is C17H27N. The van der Waals surface area contributed by atoms with E-state index in [1.165, 1.54) is 29.7 Å². The Morgan fingerprint density at radius 3 is 2.17 bits per heavy atom. The summed E-state index contributed by atoms with van der Waals surface area (Å²) in [5.74, 6) is 2.09. The van der Waals surface area contributed by atoms with Gasteiger partial charge in [-0.1, -0.05) is 39.8 Å². The molecule has 18 heavy (non-hydrogen) atoms. The molecule has 0 radical (unpaired) electrons. The molecule has 2 rings (SSSR count). The highest BCUT2D eigenvalue weighted by molar-refractivity contribution is 5.55. The number of hydrogen-bond acceptors (Lipinski definition) is 1. The summed E-state index contributed by atoms with van der Waals surface area (Å²) in [4.78, 5) is 0. The Morgan fingerprint density at radius 1 is 1.00 bits per heavy atom. The first-order chi connectivity index (χ1) is 8.49. The number of nitrogens with one attached hydrogen (secondary N) is 1. The quantitative estimate of drug-likeness (QED) is 0.757. The van der Waals surface area contributed by atoms with Crippen molar-refractivity contribution in [3.63, 3.8) is 0 Å². The second-order valence-corrected chi connectivity index (χ2v) is 6.43. The van der Waals surface area contributed by atoms with E-state index in [9.17, 15) is 0 Å². The standard InChI is InChI=1S/C17H27N/c1-11(2)15-8-9-17(16(10-15)12(3)4)18-13(5)14-6-7-14/h8-14,18H,6-7H2,1-5H3. The Kier molecular flexibility index (Phi) is 3.99. The van der Waals surface area contributed by atoms with Crippen molar-refractivity contribution in [2.45, 2.75) is 65.3 Å². The van der Waals surface area contributed by atoms with E-state index in [-0.39, 0.29) is 0 Å². The zero-order valence-corrected chi connectivity index (χ0v) is 12.5. The van der Waals surface area contributed by atoms with Crippen molar-refractivity contribution in [1.29, 1.82) is 0 Å². The molecule has 0 aromatic heterocycles. The minimum absolute atomic E-state index is 0.581. The summed E-state index contributed by atoms with van der Waals surface area (Å²) in [6.07, 6.45) is 2.80. The van der Waals surface area contributed by atoms with Crippen LogP contribution in [0, 0.1) is 5.92 Å². The van der Waals surface area contributed by atoms with Crippen LogP contribution in [0.1, 0.15) is 70.4 Å². The van der Waals surface area contributed by atoms with Gasteiger partial charge < -0.3 is 5.32 Å². The Morgan fingerprint density at radius 2 is 1.67 bits per heavy atom. The predicted molar refractivity (Wildman–Crippen MR) is 80.4 cm³/mol. The van der Waals surface area contributed by atoms with Crippen LogP contribution in [0.15, 0.2) is 18.2 Å². The smallest absolute Gasteiger partial charge is 0.0377 e. The van der Waals surface area contributed by atoms with E-state index in [4.69, 9.17) is 0 Å². The van der Waals surface area contributed by atoms with Crippen molar-refractivity contribution in [3.8, 4) is 0 Å². The predicted octanol–water partition coefficient (Wildman–Crippen LogP) is 5.14. The van der Waals surface area contributed by atoms with Gasteiger partial charge in [-0.3, -0.25) is 0 Å². The van der Waals surface area contributed by atoms with E-state index in [1.807, 2.05) is 0 Å². The van der Waals surface area contributed by atoms with E-state index in [0.717, 1.165) is 5.92 Å². The van der Waals surface area contributed by atoms with Gasteiger partial charge >= 0.3 is 0 Å². The van der Waals surface area contributed by atoms with Crippen LogP contribution in [-0.4, -0.2) is 6.04 Å². The fraction of sp³-hybridized carbons (Fsp3) is 0.647. The van der Waals surface area contributed by atoms with Gasteiger partial charge in [-0.15, -0.1) is 0 Å². The molecule has 0 amide bonds. The first-order valence-corrected chi connectivity index (χ1v) is 7.39. The van der Waals surface area contributed by atoms with Gasteiger partial charge in [0.15, 0.2) is 0 Å².